The summed E-state index contributed by atoms with van der Waals surface area (Å²) in [7, 11) is 0. The number of anilines is 1. The lowest BCUT2D eigenvalue weighted by atomic mass is 9.86. The van der Waals surface area contributed by atoms with Crippen molar-refractivity contribution in [3.8, 4) is 0 Å². The van der Waals surface area contributed by atoms with Crippen LogP contribution in [0.3, 0.4) is 0 Å². The van der Waals surface area contributed by atoms with Crippen molar-refractivity contribution in [2.75, 3.05) is 5.73 Å². The van der Waals surface area contributed by atoms with Crippen LogP contribution in [0.4, 0.5) is 5.69 Å². The van der Waals surface area contributed by atoms with Crippen LogP contribution in [0.5, 0.6) is 0 Å². The lowest BCUT2D eigenvalue weighted by molar-refractivity contribution is 0.690. The lowest BCUT2D eigenvalue weighted by Crippen LogP contribution is -2.02. The minimum atomic E-state index is 0.676. The number of nitrogens with two attached hydrogens (primary N) is 1. The summed E-state index contributed by atoms with van der Waals surface area (Å²) >= 11 is 0. The van der Waals surface area contributed by atoms with Crippen LogP contribution in [0.25, 0.3) is 32.6 Å². The summed E-state index contributed by atoms with van der Waals surface area (Å²) in [4.78, 5) is 8.19. The van der Waals surface area contributed by atoms with Crippen LogP contribution >= 0.6 is 0 Å². The number of nitrogens with zero attached hydrogens (tertiary/aromatic N) is 2. The van der Waals surface area contributed by atoms with E-state index in [0.717, 1.165) is 11.0 Å². The maximum Gasteiger partial charge on any atom is 0.112 e. The van der Waals surface area contributed by atoms with Crippen molar-refractivity contribution in [3.63, 3.8) is 0 Å². The van der Waals surface area contributed by atoms with Crippen LogP contribution in [-0.4, -0.2) is 9.97 Å². The third-order valence-corrected chi connectivity index (χ3v) is 5.79. The summed E-state index contributed by atoms with van der Waals surface area (Å²) in [6, 6.07) is 23.4. The summed E-state index contributed by atoms with van der Waals surface area (Å²) in [5.41, 5.74) is 11.1. The predicted octanol–water partition coefficient (Wildman–Crippen LogP) is 6.08. The molecule has 0 spiro atoms. The van der Waals surface area contributed by atoms with Crippen molar-refractivity contribution in [2.24, 2.45) is 0 Å². The Hall–Kier alpha value is -3.46. The Morgan fingerprint density at radius 3 is 2.45 bits per heavy atom. The van der Waals surface area contributed by atoms with Crippen LogP contribution in [0.1, 0.15) is 24.0 Å². The summed E-state index contributed by atoms with van der Waals surface area (Å²) in [6.07, 6.45) is 8.61. The molecule has 0 fully saturated rings. The van der Waals surface area contributed by atoms with Gasteiger partial charge < -0.3 is 5.73 Å². The highest BCUT2D eigenvalue weighted by Gasteiger charge is 2.13. The van der Waals surface area contributed by atoms with E-state index in [9.17, 15) is 0 Å². The molecule has 142 valence electrons. The summed E-state index contributed by atoms with van der Waals surface area (Å²) < 4.78 is 0. The van der Waals surface area contributed by atoms with Crippen molar-refractivity contribution in [1.82, 2.24) is 9.97 Å². The second kappa shape index (κ2) is 7.51. The number of benzene rings is 3. The number of nitrogen functional groups attached to an aromatic ring is 1. The molecule has 29 heavy (non-hydrogen) atoms. The van der Waals surface area contributed by atoms with Gasteiger partial charge in [0, 0.05) is 12.4 Å². The Morgan fingerprint density at radius 1 is 0.655 bits per heavy atom. The van der Waals surface area contributed by atoms with Gasteiger partial charge in [0.25, 0.3) is 0 Å². The van der Waals surface area contributed by atoms with E-state index in [1.165, 1.54) is 47.2 Å². The van der Waals surface area contributed by atoms with Crippen LogP contribution in [0.15, 0.2) is 79.1 Å². The Balaban J connectivity index is 0.000000142. The fraction of sp³-hybridized carbons (Fsp3) is 0.154. The summed E-state index contributed by atoms with van der Waals surface area (Å²) in [6.45, 7) is 0. The zero-order valence-electron chi connectivity index (χ0n) is 16.3. The monoisotopic (exact) mass is 377 g/mol. The van der Waals surface area contributed by atoms with E-state index < -0.39 is 0 Å². The van der Waals surface area contributed by atoms with E-state index in [1.807, 2.05) is 12.1 Å². The minimum absolute atomic E-state index is 0.676. The van der Waals surface area contributed by atoms with Crippen molar-refractivity contribution in [3.05, 3.63) is 90.3 Å². The molecule has 0 bridgehead atoms. The topological polar surface area (TPSA) is 51.8 Å². The van der Waals surface area contributed by atoms with E-state index in [2.05, 4.69) is 58.5 Å². The Bertz CT molecular complexity index is 1320. The Morgan fingerprint density at radius 2 is 1.52 bits per heavy atom. The number of fused-ring (bicyclic) bond motifs is 6. The third kappa shape index (κ3) is 3.29. The fourth-order valence-corrected chi connectivity index (χ4v) is 4.34. The highest BCUT2D eigenvalue weighted by Crippen LogP contribution is 2.33. The van der Waals surface area contributed by atoms with Gasteiger partial charge in [0.1, 0.15) is 5.52 Å². The number of pyridine rings is 2. The van der Waals surface area contributed by atoms with Gasteiger partial charge in [-0.15, -0.1) is 0 Å². The lowest BCUT2D eigenvalue weighted by Gasteiger charge is -2.18. The highest BCUT2D eigenvalue weighted by atomic mass is 14.8. The van der Waals surface area contributed by atoms with E-state index in [0.29, 0.717) is 5.69 Å². The molecule has 2 aromatic heterocycles. The molecule has 0 atom stereocenters. The molecule has 1 aliphatic rings. The van der Waals surface area contributed by atoms with E-state index >= 15 is 0 Å². The second-order valence-electron chi connectivity index (χ2n) is 7.56. The number of hydrogen-bond acceptors (Lipinski definition) is 3. The molecule has 0 amide bonds. The predicted molar refractivity (Wildman–Crippen MR) is 122 cm³/mol. The maximum absolute atomic E-state index is 5.65. The minimum Gasteiger partial charge on any atom is -0.397 e. The normalized spacial score (nSPS) is 13.1. The zero-order valence-corrected chi connectivity index (χ0v) is 16.3. The van der Waals surface area contributed by atoms with Crippen molar-refractivity contribution in [2.45, 2.75) is 25.7 Å². The van der Waals surface area contributed by atoms with E-state index in [1.54, 1.807) is 29.6 Å². The molecule has 6 rings (SSSR count). The van der Waals surface area contributed by atoms with Gasteiger partial charge in [-0.3, -0.25) is 9.97 Å². The Kier molecular flexibility index (Phi) is 4.57. The van der Waals surface area contributed by atoms with E-state index in [4.69, 9.17) is 5.73 Å². The average molecular weight is 377 g/mol. The quantitative estimate of drug-likeness (QED) is 0.333. The summed E-state index contributed by atoms with van der Waals surface area (Å²) in [5, 5.41) is 5.64. The first kappa shape index (κ1) is 17.6. The number of rotatable bonds is 0. The SMILES string of the molecule is Nc1ccnc2cccnc12.c1ccc2c(c1)ccc1c3c(ccc12)CCCC3. The van der Waals surface area contributed by atoms with Gasteiger partial charge >= 0.3 is 0 Å². The summed E-state index contributed by atoms with van der Waals surface area (Å²) in [5.74, 6) is 0. The van der Waals surface area contributed by atoms with Crippen LogP contribution < -0.4 is 5.73 Å². The molecule has 3 nitrogen and oxygen atoms in total. The molecule has 3 heteroatoms. The molecule has 0 radical (unpaired) electrons. The maximum atomic E-state index is 5.65. The first-order valence-corrected chi connectivity index (χ1v) is 10.2. The molecule has 5 aromatic rings. The molecule has 0 aliphatic heterocycles. The van der Waals surface area contributed by atoms with Gasteiger partial charge in [-0.05, 0) is 76.6 Å². The Labute approximate surface area is 170 Å². The molecule has 3 aromatic carbocycles. The highest BCUT2D eigenvalue weighted by molar-refractivity contribution is 6.08. The van der Waals surface area contributed by atoms with Gasteiger partial charge in [0.2, 0.25) is 0 Å². The van der Waals surface area contributed by atoms with E-state index in [-0.39, 0.29) is 0 Å². The van der Waals surface area contributed by atoms with Crippen LogP contribution in [0.2, 0.25) is 0 Å². The van der Waals surface area contributed by atoms with Crippen molar-refractivity contribution in [1.29, 1.82) is 0 Å². The largest absolute Gasteiger partial charge is 0.397 e. The second-order valence-corrected chi connectivity index (χ2v) is 7.56. The number of aromatic nitrogens is 2. The molecule has 1 aliphatic carbocycles. The van der Waals surface area contributed by atoms with Gasteiger partial charge in [-0.1, -0.05) is 48.5 Å². The number of hydrogen-bond donors (Lipinski definition) is 1. The first-order valence-electron chi connectivity index (χ1n) is 10.2. The first-order chi connectivity index (χ1) is 14.3. The fourth-order valence-electron chi connectivity index (χ4n) is 4.34. The molecule has 2 N–H and O–H groups in total. The standard InChI is InChI=1S/C18H16.C8H7N3/c1-3-7-15-13(5-1)9-11-18-16-8-4-2-6-14(16)10-12-17(15)18;9-6-3-5-10-7-2-1-4-11-8(6)7/h1,3,5,7,9-12H,2,4,6,8H2;1-5H,(H2,9,10). The number of aryl methyl sites for hydroxylation is 2. The van der Waals surface area contributed by atoms with Gasteiger partial charge in [0.05, 0.1) is 11.2 Å². The van der Waals surface area contributed by atoms with Crippen molar-refractivity contribution < 1.29 is 0 Å². The van der Waals surface area contributed by atoms with Gasteiger partial charge in [0.15, 0.2) is 0 Å². The van der Waals surface area contributed by atoms with Crippen LogP contribution in [-0.2, 0) is 12.8 Å². The molecule has 0 saturated heterocycles. The molecular formula is C26H23N3. The molecular weight excluding hydrogens is 354 g/mol. The smallest absolute Gasteiger partial charge is 0.112 e. The third-order valence-electron chi connectivity index (χ3n) is 5.79. The average Bonchev–Trinajstić information content (AvgIpc) is 2.79. The molecule has 0 unspecified atom stereocenters. The van der Waals surface area contributed by atoms with Crippen molar-refractivity contribution >= 4 is 38.3 Å². The van der Waals surface area contributed by atoms with Gasteiger partial charge in [-0.25, -0.2) is 0 Å². The molecule has 2 heterocycles. The van der Waals surface area contributed by atoms with Gasteiger partial charge in [-0.2, -0.15) is 0 Å². The molecule has 0 saturated carbocycles. The van der Waals surface area contributed by atoms with Crippen LogP contribution in [0, 0.1) is 0 Å². The zero-order chi connectivity index (χ0) is 19.6.